The summed E-state index contributed by atoms with van der Waals surface area (Å²) in [4.78, 5) is 22.1. The fraction of sp³-hybridized carbons (Fsp3) is 0.0769. The Balaban J connectivity index is 3.01. The number of carbonyl (C=O) groups excluding carboxylic acids is 1. The Labute approximate surface area is 99.3 Å². The van der Waals surface area contributed by atoms with Crippen LogP contribution in [-0.4, -0.2) is 23.5 Å². The van der Waals surface area contributed by atoms with E-state index >= 15 is 0 Å². The third-order valence-corrected chi connectivity index (χ3v) is 2.18. The number of hydrogen-bond donors (Lipinski definition) is 2. The van der Waals surface area contributed by atoms with Gasteiger partial charge in [-0.05, 0) is 17.2 Å². The van der Waals surface area contributed by atoms with Crippen molar-refractivity contribution in [2.24, 2.45) is 0 Å². The zero-order valence-electron chi connectivity index (χ0n) is 9.27. The zero-order valence-corrected chi connectivity index (χ0v) is 9.27. The molecule has 0 heterocycles. The molecule has 0 aliphatic rings. The van der Waals surface area contributed by atoms with E-state index in [4.69, 9.17) is 5.11 Å². The topological polar surface area (TPSA) is 66.4 Å². The number of rotatable bonds is 5. The molecule has 0 aliphatic heterocycles. The van der Waals surface area contributed by atoms with Gasteiger partial charge in [0.05, 0.1) is 0 Å². The smallest absolute Gasteiger partial charge is 0.322 e. The Kier molecular flexibility index (Phi) is 4.22. The predicted octanol–water partition coefficient (Wildman–Crippen LogP) is 1.79. The van der Waals surface area contributed by atoms with Crippen molar-refractivity contribution in [3.63, 3.8) is 0 Å². The lowest BCUT2D eigenvalue weighted by Crippen LogP contribution is -2.29. The van der Waals surface area contributed by atoms with Crippen molar-refractivity contribution in [1.82, 2.24) is 5.32 Å². The maximum Gasteiger partial charge on any atom is 0.322 e. The molecule has 0 bridgehead atoms. The normalized spacial score (nSPS) is 9.41. The Morgan fingerprint density at radius 1 is 1.29 bits per heavy atom. The standard InChI is InChI=1S/C13H13NO3/c1-3-9-5-6-10(4-2)11(7-9)13(17)14-8-12(15)16/h3-7H,1-2,8H2,(H,14,17)(H,15,16). The summed E-state index contributed by atoms with van der Waals surface area (Å²) < 4.78 is 0. The van der Waals surface area contributed by atoms with Crippen molar-refractivity contribution in [2.45, 2.75) is 0 Å². The van der Waals surface area contributed by atoms with E-state index in [1.54, 1.807) is 30.4 Å². The summed E-state index contributed by atoms with van der Waals surface area (Å²) in [5.74, 6) is -1.52. The fourth-order valence-electron chi connectivity index (χ4n) is 1.33. The van der Waals surface area contributed by atoms with Crippen LogP contribution in [0, 0.1) is 0 Å². The molecule has 0 fully saturated rings. The minimum atomic E-state index is -1.08. The lowest BCUT2D eigenvalue weighted by Gasteiger charge is -2.07. The molecule has 1 rings (SSSR count). The number of carboxylic acids is 1. The lowest BCUT2D eigenvalue weighted by atomic mass is 10.0. The molecule has 0 saturated carbocycles. The molecule has 4 heteroatoms. The lowest BCUT2D eigenvalue weighted by molar-refractivity contribution is -0.135. The van der Waals surface area contributed by atoms with Crippen molar-refractivity contribution >= 4 is 24.0 Å². The molecular weight excluding hydrogens is 218 g/mol. The van der Waals surface area contributed by atoms with Gasteiger partial charge in [0.25, 0.3) is 5.91 Å². The highest BCUT2D eigenvalue weighted by atomic mass is 16.4. The number of benzene rings is 1. The van der Waals surface area contributed by atoms with Crippen molar-refractivity contribution in [2.75, 3.05) is 6.54 Å². The van der Waals surface area contributed by atoms with Crippen molar-refractivity contribution in [3.05, 3.63) is 48.0 Å². The number of nitrogens with one attached hydrogen (secondary N) is 1. The van der Waals surface area contributed by atoms with Gasteiger partial charge in [-0.15, -0.1) is 0 Å². The second-order valence-corrected chi connectivity index (χ2v) is 3.33. The largest absolute Gasteiger partial charge is 0.480 e. The summed E-state index contributed by atoms with van der Waals surface area (Å²) in [6.45, 7) is 6.80. The van der Waals surface area contributed by atoms with E-state index in [1.807, 2.05) is 0 Å². The van der Waals surface area contributed by atoms with Crippen LogP contribution in [0.3, 0.4) is 0 Å². The molecule has 1 aromatic rings. The van der Waals surface area contributed by atoms with Crippen molar-refractivity contribution in [1.29, 1.82) is 0 Å². The number of aliphatic carboxylic acids is 1. The molecule has 0 aliphatic carbocycles. The Morgan fingerprint density at radius 3 is 2.53 bits per heavy atom. The van der Waals surface area contributed by atoms with Crippen LogP contribution in [0.1, 0.15) is 21.5 Å². The minimum absolute atomic E-state index is 0.388. The molecular formula is C13H13NO3. The first kappa shape index (κ1) is 12.7. The highest BCUT2D eigenvalue weighted by molar-refractivity contribution is 5.99. The van der Waals surface area contributed by atoms with E-state index in [9.17, 15) is 9.59 Å². The summed E-state index contributed by atoms with van der Waals surface area (Å²) in [5.41, 5.74) is 1.83. The van der Waals surface area contributed by atoms with Crippen molar-refractivity contribution < 1.29 is 14.7 Å². The van der Waals surface area contributed by atoms with Crippen molar-refractivity contribution in [3.8, 4) is 0 Å². The van der Waals surface area contributed by atoms with Gasteiger partial charge in [-0.25, -0.2) is 0 Å². The third-order valence-electron chi connectivity index (χ3n) is 2.18. The highest BCUT2D eigenvalue weighted by Gasteiger charge is 2.10. The Bertz CT molecular complexity index is 478. The molecule has 1 aromatic carbocycles. The highest BCUT2D eigenvalue weighted by Crippen LogP contribution is 2.14. The van der Waals surface area contributed by atoms with Gasteiger partial charge in [0.2, 0.25) is 0 Å². The first-order chi connectivity index (χ1) is 8.08. The van der Waals surface area contributed by atoms with Gasteiger partial charge < -0.3 is 10.4 Å². The van der Waals surface area contributed by atoms with E-state index in [-0.39, 0.29) is 0 Å². The summed E-state index contributed by atoms with van der Waals surface area (Å²) in [6.07, 6.45) is 3.16. The van der Waals surface area contributed by atoms with Gasteiger partial charge in [0, 0.05) is 5.56 Å². The monoisotopic (exact) mass is 231 g/mol. The number of amides is 1. The maximum absolute atomic E-state index is 11.7. The maximum atomic E-state index is 11.7. The zero-order chi connectivity index (χ0) is 12.8. The van der Waals surface area contributed by atoms with Crippen LogP contribution in [0.4, 0.5) is 0 Å². The third kappa shape index (κ3) is 3.31. The summed E-state index contributed by atoms with van der Waals surface area (Å²) in [6, 6.07) is 5.18. The molecule has 0 atom stereocenters. The van der Waals surface area contributed by atoms with E-state index in [2.05, 4.69) is 18.5 Å². The van der Waals surface area contributed by atoms with Crippen LogP contribution >= 0.6 is 0 Å². The SMILES string of the molecule is C=Cc1ccc(C=C)c(C(=O)NCC(=O)O)c1. The summed E-state index contributed by atoms with van der Waals surface area (Å²) in [5, 5.41) is 10.8. The molecule has 0 unspecified atom stereocenters. The van der Waals surface area contributed by atoms with Gasteiger partial charge >= 0.3 is 5.97 Å². The van der Waals surface area contributed by atoms with Crippen LogP contribution in [-0.2, 0) is 4.79 Å². The van der Waals surface area contributed by atoms with Gasteiger partial charge in [0.1, 0.15) is 6.54 Å². The predicted molar refractivity (Wildman–Crippen MR) is 66.6 cm³/mol. The second kappa shape index (κ2) is 5.65. The summed E-state index contributed by atoms with van der Waals surface area (Å²) >= 11 is 0. The first-order valence-electron chi connectivity index (χ1n) is 4.97. The van der Waals surface area contributed by atoms with Crippen LogP contribution in [0.5, 0.6) is 0 Å². The van der Waals surface area contributed by atoms with Gasteiger partial charge in [-0.1, -0.05) is 37.4 Å². The molecule has 0 radical (unpaired) electrons. The van der Waals surface area contributed by atoms with E-state index in [0.717, 1.165) is 5.56 Å². The average Bonchev–Trinajstić information content (AvgIpc) is 2.34. The van der Waals surface area contributed by atoms with E-state index < -0.39 is 18.4 Å². The van der Waals surface area contributed by atoms with E-state index in [0.29, 0.717) is 11.1 Å². The molecule has 1 amide bonds. The number of carbonyl (C=O) groups is 2. The Hall–Kier alpha value is -2.36. The molecule has 0 aromatic heterocycles. The fourth-order valence-corrected chi connectivity index (χ4v) is 1.33. The van der Waals surface area contributed by atoms with Gasteiger partial charge in [0.15, 0.2) is 0 Å². The van der Waals surface area contributed by atoms with Crippen LogP contribution < -0.4 is 5.32 Å². The molecule has 88 valence electrons. The van der Waals surface area contributed by atoms with Crippen LogP contribution in [0.25, 0.3) is 12.2 Å². The van der Waals surface area contributed by atoms with Crippen LogP contribution in [0.2, 0.25) is 0 Å². The van der Waals surface area contributed by atoms with E-state index in [1.165, 1.54) is 0 Å². The molecule has 17 heavy (non-hydrogen) atoms. The first-order valence-corrected chi connectivity index (χ1v) is 4.97. The van der Waals surface area contributed by atoms with Gasteiger partial charge in [-0.3, -0.25) is 9.59 Å². The molecule has 0 spiro atoms. The number of hydrogen-bond acceptors (Lipinski definition) is 2. The molecule has 4 nitrogen and oxygen atoms in total. The quantitative estimate of drug-likeness (QED) is 0.811. The Morgan fingerprint density at radius 2 is 2.00 bits per heavy atom. The summed E-state index contributed by atoms with van der Waals surface area (Å²) in [7, 11) is 0. The van der Waals surface area contributed by atoms with Crippen LogP contribution in [0.15, 0.2) is 31.4 Å². The molecule has 0 saturated heterocycles. The van der Waals surface area contributed by atoms with Gasteiger partial charge in [-0.2, -0.15) is 0 Å². The molecule has 2 N–H and O–H groups in total. The second-order valence-electron chi connectivity index (χ2n) is 3.33. The minimum Gasteiger partial charge on any atom is -0.480 e. The average molecular weight is 231 g/mol. The number of carboxylic acid groups (broad SMARTS) is 1.